The van der Waals surface area contributed by atoms with Gasteiger partial charge < -0.3 is 5.11 Å². The van der Waals surface area contributed by atoms with Gasteiger partial charge in [-0.2, -0.15) is 11.8 Å². The second kappa shape index (κ2) is 5.92. The van der Waals surface area contributed by atoms with Crippen LogP contribution >= 0.6 is 11.8 Å². The molecule has 0 aromatic heterocycles. The first-order valence-corrected chi connectivity index (χ1v) is 7.61. The van der Waals surface area contributed by atoms with Gasteiger partial charge in [-0.15, -0.1) is 0 Å². The second-order valence-electron chi connectivity index (χ2n) is 5.19. The predicted octanol–water partition coefficient (Wildman–Crippen LogP) is 4.13. The highest BCUT2D eigenvalue weighted by Crippen LogP contribution is 2.36. The van der Waals surface area contributed by atoms with Crippen molar-refractivity contribution in [3.8, 4) is 0 Å². The molecule has 0 spiro atoms. The third kappa shape index (κ3) is 3.49. The van der Waals surface area contributed by atoms with E-state index in [-0.39, 0.29) is 6.10 Å². The van der Waals surface area contributed by atoms with Crippen LogP contribution in [0.25, 0.3) is 0 Å². The van der Waals surface area contributed by atoms with E-state index in [1.807, 2.05) is 11.8 Å². The largest absolute Gasteiger partial charge is 0.388 e. The smallest absolute Gasteiger partial charge is 0.0880 e. The van der Waals surface area contributed by atoms with Crippen LogP contribution in [-0.4, -0.2) is 16.1 Å². The summed E-state index contributed by atoms with van der Waals surface area (Å²) >= 11 is 1.81. The lowest BCUT2D eigenvalue weighted by molar-refractivity contribution is 0.204. The number of thioether (sulfide) groups is 1. The SMILES string of the molecule is CC(C)SCC(O)c1ccc(C2CCC2)cc1. The third-order valence-electron chi connectivity index (χ3n) is 3.49. The minimum atomic E-state index is -0.321. The van der Waals surface area contributed by atoms with Crippen LogP contribution < -0.4 is 0 Å². The van der Waals surface area contributed by atoms with Crippen molar-refractivity contribution in [2.24, 2.45) is 0 Å². The molecule has 0 bridgehead atoms. The molecule has 1 aliphatic carbocycles. The van der Waals surface area contributed by atoms with Gasteiger partial charge in [0.15, 0.2) is 0 Å². The zero-order chi connectivity index (χ0) is 12.3. The minimum Gasteiger partial charge on any atom is -0.388 e. The Hall–Kier alpha value is -0.470. The Bertz CT molecular complexity index is 340. The fourth-order valence-electron chi connectivity index (χ4n) is 2.11. The van der Waals surface area contributed by atoms with Gasteiger partial charge >= 0.3 is 0 Å². The van der Waals surface area contributed by atoms with E-state index in [9.17, 15) is 5.11 Å². The van der Waals surface area contributed by atoms with E-state index in [2.05, 4.69) is 38.1 Å². The molecule has 1 aliphatic rings. The molecule has 0 saturated heterocycles. The van der Waals surface area contributed by atoms with Crippen molar-refractivity contribution in [2.75, 3.05) is 5.75 Å². The molecule has 1 fully saturated rings. The molecule has 17 heavy (non-hydrogen) atoms. The molecule has 2 rings (SSSR count). The van der Waals surface area contributed by atoms with Crippen molar-refractivity contribution in [3.05, 3.63) is 35.4 Å². The molecule has 0 amide bonds. The second-order valence-corrected chi connectivity index (χ2v) is 6.80. The molecule has 0 heterocycles. The standard InChI is InChI=1S/C15H22OS/c1-11(2)17-10-15(16)14-8-6-13(7-9-14)12-4-3-5-12/h6-9,11-12,15-16H,3-5,10H2,1-2H3. The summed E-state index contributed by atoms with van der Waals surface area (Å²) in [5, 5.41) is 10.6. The summed E-state index contributed by atoms with van der Waals surface area (Å²) in [6.07, 6.45) is 3.73. The van der Waals surface area contributed by atoms with Crippen LogP contribution in [0.4, 0.5) is 0 Å². The molecule has 2 heteroatoms. The van der Waals surface area contributed by atoms with Gasteiger partial charge in [0.05, 0.1) is 6.10 Å². The van der Waals surface area contributed by atoms with E-state index >= 15 is 0 Å². The first-order chi connectivity index (χ1) is 8.16. The maximum Gasteiger partial charge on any atom is 0.0880 e. The van der Waals surface area contributed by atoms with Gasteiger partial charge in [0, 0.05) is 5.75 Å². The first-order valence-electron chi connectivity index (χ1n) is 6.56. The fourth-order valence-corrected chi connectivity index (χ4v) is 2.87. The summed E-state index contributed by atoms with van der Waals surface area (Å²) in [4.78, 5) is 0. The first kappa shape index (κ1) is 13.0. The number of hydrogen-bond acceptors (Lipinski definition) is 2. The van der Waals surface area contributed by atoms with Gasteiger partial charge in [0.25, 0.3) is 0 Å². The summed E-state index contributed by atoms with van der Waals surface area (Å²) in [7, 11) is 0. The van der Waals surface area contributed by atoms with Crippen LogP contribution in [0.1, 0.15) is 56.3 Å². The Balaban J connectivity index is 1.92. The summed E-state index contributed by atoms with van der Waals surface area (Å²) < 4.78 is 0. The molecule has 1 atom stereocenters. The Kier molecular flexibility index (Phi) is 4.52. The van der Waals surface area contributed by atoms with E-state index < -0.39 is 0 Å². The maximum atomic E-state index is 10.0. The van der Waals surface area contributed by atoms with E-state index in [1.165, 1.54) is 24.8 Å². The van der Waals surface area contributed by atoms with E-state index in [4.69, 9.17) is 0 Å². The number of hydrogen-bond donors (Lipinski definition) is 1. The quantitative estimate of drug-likeness (QED) is 0.848. The third-order valence-corrected chi connectivity index (χ3v) is 4.66. The topological polar surface area (TPSA) is 20.2 Å². The molecular formula is C15H22OS. The van der Waals surface area contributed by atoms with Gasteiger partial charge in [-0.25, -0.2) is 0 Å². The number of aliphatic hydroxyl groups excluding tert-OH is 1. The summed E-state index contributed by atoms with van der Waals surface area (Å²) in [5.41, 5.74) is 2.50. The lowest BCUT2D eigenvalue weighted by Gasteiger charge is -2.26. The van der Waals surface area contributed by atoms with Crippen molar-refractivity contribution in [3.63, 3.8) is 0 Å². The number of rotatable bonds is 5. The van der Waals surface area contributed by atoms with Crippen LogP contribution in [0, 0.1) is 0 Å². The maximum absolute atomic E-state index is 10.0. The summed E-state index contributed by atoms with van der Waals surface area (Å²) in [6, 6.07) is 8.59. The van der Waals surface area contributed by atoms with Gasteiger partial charge in [-0.1, -0.05) is 44.5 Å². The lowest BCUT2D eigenvalue weighted by Crippen LogP contribution is -2.09. The monoisotopic (exact) mass is 250 g/mol. The highest BCUT2D eigenvalue weighted by Gasteiger charge is 2.19. The molecule has 1 saturated carbocycles. The Labute approximate surface area is 109 Å². The molecule has 1 unspecified atom stereocenters. The minimum absolute atomic E-state index is 0.321. The van der Waals surface area contributed by atoms with Gasteiger partial charge in [0.1, 0.15) is 0 Å². The molecule has 1 nitrogen and oxygen atoms in total. The predicted molar refractivity (Wildman–Crippen MR) is 75.6 cm³/mol. The average molecular weight is 250 g/mol. The summed E-state index contributed by atoms with van der Waals surface area (Å²) in [5.74, 6) is 1.58. The lowest BCUT2D eigenvalue weighted by atomic mass is 9.80. The fraction of sp³-hybridized carbons (Fsp3) is 0.600. The molecule has 94 valence electrons. The van der Waals surface area contributed by atoms with Crippen molar-refractivity contribution in [1.82, 2.24) is 0 Å². The summed E-state index contributed by atoms with van der Waals surface area (Å²) in [6.45, 7) is 4.33. The molecule has 1 N–H and O–H groups in total. The van der Waals surface area contributed by atoms with E-state index in [0.29, 0.717) is 5.25 Å². The number of benzene rings is 1. The Morgan fingerprint density at radius 2 is 1.88 bits per heavy atom. The van der Waals surface area contributed by atoms with Crippen LogP contribution in [-0.2, 0) is 0 Å². The van der Waals surface area contributed by atoms with E-state index in [1.54, 1.807) is 0 Å². The molecular weight excluding hydrogens is 228 g/mol. The van der Waals surface area contributed by atoms with Gasteiger partial charge in [0.2, 0.25) is 0 Å². The van der Waals surface area contributed by atoms with Crippen molar-refractivity contribution >= 4 is 11.8 Å². The van der Waals surface area contributed by atoms with Crippen molar-refractivity contribution < 1.29 is 5.11 Å². The average Bonchev–Trinajstić information content (AvgIpc) is 2.24. The van der Waals surface area contributed by atoms with Crippen LogP contribution in [0.15, 0.2) is 24.3 Å². The Morgan fingerprint density at radius 3 is 2.35 bits per heavy atom. The van der Waals surface area contributed by atoms with Crippen molar-refractivity contribution in [2.45, 2.75) is 50.4 Å². The van der Waals surface area contributed by atoms with E-state index in [0.717, 1.165) is 17.2 Å². The molecule has 0 aliphatic heterocycles. The zero-order valence-corrected chi connectivity index (χ0v) is 11.5. The normalized spacial score (nSPS) is 18.1. The van der Waals surface area contributed by atoms with Crippen molar-refractivity contribution in [1.29, 1.82) is 0 Å². The highest BCUT2D eigenvalue weighted by molar-refractivity contribution is 7.99. The van der Waals surface area contributed by atoms with Crippen LogP contribution in [0.2, 0.25) is 0 Å². The highest BCUT2D eigenvalue weighted by atomic mass is 32.2. The van der Waals surface area contributed by atoms with Crippen LogP contribution in [0.3, 0.4) is 0 Å². The Morgan fingerprint density at radius 1 is 1.24 bits per heavy atom. The molecule has 0 radical (unpaired) electrons. The van der Waals surface area contributed by atoms with Gasteiger partial charge in [-0.05, 0) is 35.1 Å². The molecule has 1 aromatic carbocycles. The zero-order valence-electron chi connectivity index (χ0n) is 10.7. The van der Waals surface area contributed by atoms with Gasteiger partial charge in [-0.3, -0.25) is 0 Å². The molecule has 1 aromatic rings. The number of aliphatic hydroxyl groups is 1. The van der Waals surface area contributed by atoms with Crippen LogP contribution in [0.5, 0.6) is 0 Å².